The minimum absolute atomic E-state index is 0.0115. The van der Waals surface area contributed by atoms with Gasteiger partial charge < -0.3 is 9.67 Å². The van der Waals surface area contributed by atoms with Crippen LogP contribution in [0.1, 0.15) is 20.3 Å². The highest BCUT2D eigenvalue weighted by Crippen LogP contribution is 2.27. The molecule has 0 saturated carbocycles. The van der Waals surface area contributed by atoms with Crippen molar-refractivity contribution in [1.29, 1.82) is 0 Å². The highest BCUT2D eigenvalue weighted by molar-refractivity contribution is 7.99. The molecule has 0 fully saturated rings. The molecule has 1 heterocycles. The molecular formula is C14H17ClN2O2S. The number of thioether (sulfide) groups is 1. The SMILES string of the molecule is CCC(C)Cn1c(SCC(=O)O)nc2cc(Cl)ccc21. The third kappa shape index (κ3) is 3.46. The maximum Gasteiger partial charge on any atom is 0.313 e. The van der Waals surface area contributed by atoms with Gasteiger partial charge in [0.1, 0.15) is 0 Å². The van der Waals surface area contributed by atoms with Crippen LogP contribution in [-0.4, -0.2) is 26.4 Å². The zero-order chi connectivity index (χ0) is 14.7. The largest absolute Gasteiger partial charge is 0.481 e. The molecule has 0 saturated heterocycles. The Balaban J connectivity index is 2.41. The van der Waals surface area contributed by atoms with Gasteiger partial charge in [0, 0.05) is 11.6 Å². The van der Waals surface area contributed by atoms with E-state index in [2.05, 4.69) is 23.4 Å². The first-order valence-electron chi connectivity index (χ1n) is 6.51. The molecule has 108 valence electrons. The van der Waals surface area contributed by atoms with Crippen LogP contribution >= 0.6 is 23.4 Å². The highest BCUT2D eigenvalue weighted by Gasteiger charge is 2.14. The molecule has 6 heteroatoms. The molecule has 20 heavy (non-hydrogen) atoms. The van der Waals surface area contributed by atoms with Crippen molar-refractivity contribution in [1.82, 2.24) is 9.55 Å². The molecule has 1 N–H and O–H groups in total. The molecule has 1 aromatic carbocycles. The summed E-state index contributed by atoms with van der Waals surface area (Å²) in [6.45, 7) is 5.15. The van der Waals surface area contributed by atoms with Crippen LogP contribution in [0.4, 0.5) is 0 Å². The van der Waals surface area contributed by atoms with Gasteiger partial charge >= 0.3 is 5.97 Å². The van der Waals surface area contributed by atoms with E-state index in [9.17, 15) is 4.79 Å². The van der Waals surface area contributed by atoms with E-state index in [1.807, 2.05) is 18.2 Å². The molecule has 2 aromatic rings. The van der Waals surface area contributed by atoms with E-state index >= 15 is 0 Å². The van der Waals surface area contributed by atoms with Crippen LogP contribution in [0.25, 0.3) is 11.0 Å². The molecule has 2 rings (SSSR count). The standard InChI is InChI=1S/C14H17ClN2O2S/c1-3-9(2)7-17-12-5-4-10(15)6-11(12)16-14(17)20-8-13(18)19/h4-6,9H,3,7-8H2,1-2H3,(H,18,19). The van der Waals surface area contributed by atoms with Gasteiger partial charge in [0.05, 0.1) is 16.8 Å². The lowest BCUT2D eigenvalue weighted by Crippen LogP contribution is -2.09. The average molecular weight is 313 g/mol. The minimum Gasteiger partial charge on any atom is -0.481 e. The molecule has 1 atom stereocenters. The number of hydrogen-bond donors (Lipinski definition) is 1. The van der Waals surface area contributed by atoms with E-state index in [0.29, 0.717) is 10.9 Å². The summed E-state index contributed by atoms with van der Waals surface area (Å²) in [6.07, 6.45) is 1.07. The fourth-order valence-corrected chi connectivity index (χ4v) is 2.85. The van der Waals surface area contributed by atoms with Crippen LogP contribution in [-0.2, 0) is 11.3 Å². The molecule has 0 amide bonds. The molecule has 0 bridgehead atoms. The summed E-state index contributed by atoms with van der Waals surface area (Å²) in [5, 5.41) is 10.2. The van der Waals surface area contributed by atoms with Gasteiger partial charge in [0.2, 0.25) is 0 Å². The Kier molecular flexibility index (Phi) is 4.94. The van der Waals surface area contributed by atoms with Crippen molar-refractivity contribution < 1.29 is 9.90 Å². The van der Waals surface area contributed by atoms with Gasteiger partial charge in [-0.25, -0.2) is 4.98 Å². The number of carboxylic acids is 1. The van der Waals surface area contributed by atoms with Crippen LogP contribution in [0.3, 0.4) is 0 Å². The Bertz CT molecular complexity index is 627. The van der Waals surface area contributed by atoms with E-state index in [1.165, 1.54) is 11.8 Å². The lowest BCUT2D eigenvalue weighted by Gasteiger charge is -2.13. The number of carbonyl (C=O) groups is 1. The summed E-state index contributed by atoms with van der Waals surface area (Å²) >= 11 is 7.24. The fraction of sp³-hybridized carbons (Fsp3) is 0.429. The van der Waals surface area contributed by atoms with Crippen molar-refractivity contribution >= 4 is 40.4 Å². The van der Waals surface area contributed by atoms with Crippen molar-refractivity contribution in [2.45, 2.75) is 32.0 Å². The quantitative estimate of drug-likeness (QED) is 0.822. The van der Waals surface area contributed by atoms with Crippen molar-refractivity contribution in [3.05, 3.63) is 23.2 Å². The number of aliphatic carboxylic acids is 1. The van der Waals surface area contributed by atoms with Crippen LogP contribution in [0.15, 0.2) is 23.4 Å². The third-order valence-electron chi connectivity index (χ3n) is 3.19. The van der Waals surface area contributed by atoms with Gasteiger partial charge in [0.15, 0.2) is 5.16 Å². The van der Waals surface area contributed by atoms with Crippen molar-refractivity contribution in [3.63, 3.8) is 0 Å². The number of fused-ring (bicyclic) bond motifs is 1. The smallest absolute Gasteiger partial charge is 0.313 e. The lowest BCUT2D eigenvalue weighted by atomic mass is 10.1. The number of benzene rings is 1. The second kappa shape index (κ2) is 6.50. The minimum atomic E-state index is -0.838. The molecule has 1 aromatic heterocycles. The van der Waals surface area contributed by atoms with E-state index in [1.54, 1.807) is 0 Å². The number of hydrogen-bond acceptors (Lipinski definition) is 3. The Labute approximate surface area is 127 Å². The van der Waals surface area contributed by atoms with Gasteiger partial charge in [-0.1, -0.05) is 43.6 Å². The second-order valence-electron chi connectivity index (χ2n) is 4.83. The van der Waals surface area contributed by atoms with Crippen LogP contribution in [0.2, 0.25) is 5.02 Å². The summed E-state index contributed by atoms with van der Waals surface area (Å²) in [4.78, 5) is 15.3. The molecule has 0 radical (unpaired) electrons. The van der Waals surface area contributed by atoms with Crippen molar-refractivity contribution in [2.75, 3.05) is 5.75 Å². The maximum absolute atomic E-state index is 10.8. The van der Waals surface area contributed by atoms with Crippen molar-refractivity contribution in [3.8, 4) is 0 Å². The molecule has 4 nitrogen and oxygen atoms in total. The molecule has 0 aliphatic rings. The van der Waals surface area contributed by atoms with Crippen LogP contribution in [0.5, 0.6) is 0 Å². The summed E-state index contributed by atoms with van der Waals surface area (Å²) in [7, 11) is 0. The number of imidazole rings is 1. The van der Waals surface area contributed by atoms with E-state index in [0.717, 1.165) is 29.2 Å². The number of carboxylic acid groups (broad SMARTS) is 1. The second-order valence-corrected chi connectivity index (χ2v) is 6.21. The molecule has 1 unspecified atom stereocenters. The Morgan fingerprint density at radius 2 is 2.30 bits per heavy atom. The Morgan fingerprint density at radius 1 is 1.55 bits per heavy atom. The van der Waals surface area contributed by atoms with E-state index in [-0.39, 0.29) is 5.75 Å². The highest BCUT2D eigenvalue weighted by atomic mass is 35.5. The van der Waals surface area contributed by atoms with Gasteiger partial charge in [-0.15, -0.1) is 0 Å². The summed E-state index contributed by atoms with van der Waals surface area (Å²) in [5.74, 6) is -0.320. The van der Waals surface area contributed by atoms with Gasteiger partial charge in [-0.2, -0.15) is 0 Å². The monoisotopic (exact) mass is 312 g/mol. The van der Waals surface area contributed by atoms with Gasteiger partial charge in [-0.3, -0.25) is 4.79 Å². The van der Waals surface area contributed by atoms with Crippen LogP contribution in [0, 0.1) is 5.92 Å². The number of nitrogens with zero attached hydrogens (tertiary/aromatic N) is 2. The fourth-order valence-electron chi connectivity index (χ4n) is 1.93. The van der Waals surface area contributed by atoms with E-state index < -0.39 is 5.97 Å². The van der Waals surface area contributed by atoms with Gasteiger partial charge in [0.25, 0.3) is 0 Å². The zero-order valence-electron chi connectivity index (χ0n) is 11.5. The third-order valence-corrected chi connectivity index (χ3v) is 4.39. The first-order valence-corrected chi connectivity index (χ1v) is 7.88. The lowest BCUT2D eigenvalue weighted by molar-refractivity contribution is -0.133. The molecule has 0 aliphatic heterocycles. The average Bonchev–Trinajstić information content (AvgIpc) is 2.73. The first-order chi connectivity index (χ1) is 9.51. The maximum atomic E-state index is 10.8. The van der Waals surface area contributed by atoms with Crippen molar-refractivity contribution in [2.24, 2.45) is 5.92 Å². The zero-order valence-corrected chi connectivity index (χ0v) is 13.0. The molecular weight excluding hydrogens is 296 g/mol. The summed E-state index contributed by atoms with van der Waals surface area (Å²) < 4.78 is 2.09. The van der Waals surface area contributed by atoms with Crippen LogP contribution < -0.4 is 0 Å². The molecule has 0 spiro atoms. The summed E-state index contributed by atoms with van der Waals surface area (Å²) in [5.41, 5.74) is 1.82. The Morgan fingerprint density at radius 3 is 2.95 bits per heavy atom. The normalized spacial score (nSPS) is 12.8. The first kappa shape index (κ1) is 15.2. The number of rotatable bonds is 6. The van der Waals surface area contributed by atoms with E-state index in [4.69, 9.17) is 16.7 Å². The topological polar surface area (TPSA) is 55.1 Å². The predicted molar refractivity (Wildman–Crippen MR) is 82.6 cm³/mol. The van der Waals surface area contributed by atoms with Gasteiger partial charge in [-0.05, 0) is 24.1 Å². The predicted octanol–water partition coefficient (Wildman–Crippen LogP) is 3.91. The number of aromatic nitrogens is 2. The Hall–Kier alpha value is -1.20. The molecule has 0 aliphatic carbocycles. The number of halogens is 1. The summed E-state index contributed by atoms with van der Waals surface area (Å²) in [6, 6.07) is 5.59.